The highest BCUT2D eigenvalue weighted by atomic mass is 16.6. The first-order chi connectivity index (χ1) is 13.5. The molecule has 1 aliphatic rings. The smallest absolute Gasteiger partial charge is 0.417 e. The van der Waals surface area contributed by atoms with Gasteiger partial charge in [0.05, 0.1) is 31.3 Å². The number of carbonyl (C=O) groups is 2. The van der Waals surface area contributed by atoms with Gasteiger partial charge >= 0.3 is 6.09 Å². The zero-order valence-corrected chi connectivity index (χ0v) is 16.0. The molecule has 1 fully saturated rings. The van der Waals surface area contributed by atoms with Gasteiger partial charge in [0, 0.05) is 0 Å². The molecule has 0 spiro atoms. The van der Waals surface area contributed by atoms with Crippen molar-refractivity contribution in [1.82, 2.24) is 4.90 Å². The van der Waals surface area contributed by atoms with Gasteiger partial charge in [0.2, 0.25) is 5.91 Å². The monoisotopic (exact) mass is 383 g/mol. The number of carbonyl (C=O) groups excluding carboxylic acids is 2. The first-order valence-electron chi connectivity index (χ1n) is 9.37. The van der Waals surface area contributed by atoms with E-state index >= 15 is 0 Å². The summed E-state index contributed by atoms with van der Waals surface area (Å²) in [5.74, 6) is -1.26. The van der Waals surface area contributed by atoms with Crippen molar-refractivity contribution in [1.29, 1.82) is 0 Å². The molecule has 6 heteroatoms. The van der Waals surface area contributed by atoms with Crippen LogP contribution in [-0.2, 0) is 20.9 Å². The molecule has 0 radical (unpaired) electrons. The maximum absolute atomic E-state index is 12.8. The van der Waals surface area contributed by atoms with Crippen LogP contribution in [0.3, 0.4) is 0 Å². The van der Waals surface area contributed by atoms with Crippen LogP contribution in [0.15, 0.2) is 60.7 Å². The maximum atomic E-state index is 12.8. The minimum Gasteiger partial charge on any atom is -0.439 e. The largest absolute Gasteiger partial charge is 0.439 e. The van der Waals surface area contributed by atoms with Crippen LogP contribution in [0.5, 0.6) is 0 Å². The second-order valence-corrected chi connectivity index (χ2v) is 7.02. The lowest BCUT2D eigenvalue weighted by molar-refractivity contribution is -0.138. The number of nitrogens with zero attached hydrogens (tertiary/aromatic N) is 1. The zero-order valence-electron chi connectivity index (χ0n) is 16.0. The highest BCUT2D eigenvalue weighted by Crippen LogP contribution is 2.33. The van der Waals surface area contributed by atoms with Gasteiger partial charge in [-0.05, 0) is 18.1 Å². The summed E-state index contributed by atoms with van der Waals surface area (Å²) < 4.78 is 10.9. The Morgan fingerprint density at radius 3 is 2.39 bits per heavy atom. The van der Waals surface area contributed by atoms with E-state index in [1.54, 1.807) is 13.8 Å². The molecule has 148 valence electrons. The Morgan fingerprint density at radius 2 is 1.75 bits per heavy atom. The maximum Gasteiger partial charge on any atom is 0.417 e. The number of aliphatic hydroxyl groups is 1. The van der Waals surface area contributed by atoms with E-state index in [0.717, 1.165) is 16.0 Å². The van der Waals surface area contributed by atoms with Crippen molar-refractivity contribution in [2.24, 2.45) is 5.92 Å². The number of benzene rings is 2. The molecule has 0 unspecified atom stereocenters. The molecular weight excluding hydrogens is 358 g/mol. The number of imide groups is 1. The first kappa shape index (κ1) is 20.0. The summed E-state index contributed by atoms with van der Waals surface area (Å²) in [6, 6.07) is 18.4. The van der Waals surface area contributed by atoms with Gasteiger partial charge in [0.1, 0.15) is 6.10 Å². The molecule has 6 nitrogen and oxygen atoms in total. The third-order valence-corrected chi connectivity index (χ3v) is 5.00. The topological polar surface area (TPSA) is 76.1 Å². The standard InChI is InChI=1S/C22H25NO5/c1-15(19(24)14-27-13-17-9-5-3-6-10-17)21(25)23-16(2)20(28-22(23)26)18-11-7-4-8-12-18/h3-12,15-16,19-20,24H,13-14H2,1-2H3/t15-,16-,19+,20-/m1/s1. The van der Waals surface area contributed by atoms with Gasteiger partial charge in [-0.15, -0.1) is 0 Å². The van der Waals surface area contributed by atoms with Gasteiger partial charge in [-0.1, -0.05) is 67.6 Å². The molecule has 2 amide bonds. The predicted molar refractivity (Wildman–Crippen MR) is 103 cm³/mol. The molecule has 0 aliphatic carbocycles. The summed E-state index contributed by atoms with van der Waals surface area (Å²) in [6.07, 6.45) is -2.22. The van der Waals surface area contributed by atoms with E-state index < -0.39 is 36.2 Å². The summed E-state index contributed by atoms with van der Waals surface area (Å²) >= 11 is 0. The molecule has 2 aromatic carbocycles. The van der Waals surface area contributed by atoms with Gasteiger partial charge in [-0.25, -0.2) is 9.69 Å². The lowest BCUT2D eigenvalue weighted by Crippen LogP contribution is -2.45. The molecule has 3 rings (SSSR count). The first-order valence-corrected chi connectivity index (χ1v) is 9.37. The number of cyclic esters (lactones) is 1. The molecular formula is C22H25NO5. The number of hydrogen-bond acceptors (Lipinski definition) is 5. The summed E-state index contributed by atoms with van der Waals surface area (Å²) in [5.41, 5.74) is 1.81. The molecule has 28 heavy (non-hydrogen) atoms. The predicted octanol–water partition coefficient (Wildman–Crippen LogP) is 3.31. The van der Waals surface area contributed by atoms with Gasteiger partial charge < -0.3 is 14.6 Å². The second-order valence-electron chi connectivity index (χ2n) is 7.02. The molecule has 1 saturated heterocycles. The Balaban J connectivity index is 1.58. The summed E-state index contributed by atoms with van der Waals surface area (Å²) in [4.78, 5) is 26.2. The van der Waals surface area contributed by atoms with E-state index in [4.69, 9.17) is 9.47 Å². The zero-order chi connectivity index (χ0) is 20.1. The quantitative estimate of drug-likeness (QED) is 0.794. The average Bonchev–Trinajstić information content (AvgIpc) is 3.02. The minimum atomic E-state index is -1.02. The van der Waals surface area contributed by atoms with Crippen molar-refractivity contribution in [3.05, 3.63) is 71.8 Å². The van der Waals surface area contributed by atoms with Crippen molar-refractivity contribution in [3.8, 4) is 0 Å². The molecule has 4 atom stereocenters. The fraction of sp³-hybridized carbons (Fsp3) is 0.364. The highest BCUT2D eigenvalue weighted by Gasteiger charge is 2.45. The molecule has 1 N–H and O–H groups in total. The lowest BCUT2D eigenvalue weighted by atomic mass is 10.00. The Bertz CT molecular complexity index is 795. The van der Waals surface area contributed by atoms with Crippen molar-refractivity contribution in [2.75, 3.05) is 6.61 Å². The van der Waals surface area contributed by atoms with E-state index in [1.807, 2.05) is 60.7 Å². The van der Waals surface area contributed by atoms with Crippen LogP contribution >= 0.6 is 0 Å². The van der Waals surface area contributed by atoms with Gasteiger partial charge in [-0.2, -0.15) is 0 Å². The molecule has 0 aromatic heterocycles. The van der Waals surface area contributed by atoms with Crippen LogP contribution in [0.4, 0.5) is 4.79 Å². The van der Waals surface area contributed by atoms with E-state index in [1.165, 1.54) is 0 Å². The lowest BCUT2D eigenvalue weighted by Gasteiger charge is -2.25. The third kappa shape index (κ3) is 4.40. The SMILES string of the molecule is C[C@@H]1[C@H](c2ccccc2)OC(=O)N1C(=O)[C@H](C)[C@@H](O)COCc1ccccc1. The van der Waals surface area contributed by atoms with Crippen molar-refractivity contribution in [3.63, 3.8) is 0 Å². The molecule has 0 saturated carbocycles. The highest BCUT2D eigenvalue weighted by molar-refractivity contribution is 5.95. The van der Waals surface area contributed by atoms with E-state index in [0.29, 0.717) is 6.61 Å². The molecule has 0 bridgehead atoms. The van der Waals surface area contributed by atoms with Crippen LogP contribution < -0.4 is 0 Å². The number of ether oxygens (including phenoxy) is 2. The number of hydrogen-bond donors (Lipinski definition) is 1. The Kier molecular flexibility index (Phi) is 6.44. The van der Waals surface area contributed by atoms with Gasteiger partial charge in [0.25, 0.3) is 0 Å². The van der Waals surface area contributed by atoms with E-state index in [2.05, 4.69) is 0 Å². The normalized spacial score (nSPS) is 21.2. The summed E-state index contributed by atoms with van der Waals surface area (Å²) in [7, 11) is 0. The Labute approximate surface area is 164 Å². The fourth-order valence-electron chi connectivity index (χ4n) is 3.25. The Morgan fingerprint density at radius 1 is 1.14 bits per heavy atom. The van der Waals surface area contributed by atoms with Crippen LogP contribution in [-0.4, -0.2) is 40.8 Å². The Hall–Kier alpha value is -2.70. The molecule has 1 heterocycles. The number of amides is 2. The molecule has 2 aromatic rings. The van der Waals surface area contributed by atoms with E-state index in [-0.39, 0.29) is 6.61 Å². The third-order valence-electron chi connectivity index (χ3n) is 5.00. The van der Waals surface area contributed by atoms with Crippen LogP contribution in [0.2, 0.25) is 0 Å². The summed E-state index contributed by atoms with van der Waals surface area (Å²) in [5, 5.41) is 10.4. The second kappa shape index (κ2) is 8.99. The van der Waals surface area contributed by atoms with Crippen molar-refractivity contribution >= 4 is 12.0 Å². The average molecular weight is 383 g/mol. The van der Waals surface area contributed by atoms with E-state index in [9.17, 15) is 14.7 Å². The van der Waals surface area contributed by atoms with Crippen molar-refractivity contribution in [2.45, 2.75) is 38.7 Å². The van der Waals surface area contributed by atoms with Crippen molar-refractivity contribution < 1.29 is 24.2 Å². The number of rotatable bonds is 7. The van der Waals surface area contributed by atoms with Gasteiger partial charge in [-0.3, -0.25) is 4.79 Å². The van der Waals surface area contributed by atoms with Crippen LogP contribution in [0, 0.1) is 5.92 Å². The van der Waals surface area contributed by atoms with Gasteiger partial charge in [0.15, 0.2) is 0 Å². The summed E-state index contributed by atoms with van der Waals surface area (Å²) in [6.45, 7) is 3.71. The fourth-order valence-corrected chi connectivity index (χ4v) is 3.25. The molecule has 1 aliphatic heterocycles. The number of aliphatic hydroxyl groups excluding tert-OH is 1. The van der Waals surface area contributed by atoms with Crippen LogP contribution in [0.1, 0.15) is 31.1 Å². The minimum absolute atomic E-state index is 0.00117. The van der Waals surface area contributed by atoms with Crippen LogP contribution in [0.25, 0.3) is 0 Å².